The predicted molar refractivity (Wildman–Crippen MR) is 64.6 cm³/mol. The molecule has 0 saturated heterocycles. The Kier molecular flexibility index (Phi) is 4.56. The number of rotatable bonds is 3. The molecule has 0 aromatic heterocycles. The molecule has 0 nitrogen and oxygen atoms in total. The Labute approximate surface area is 100 Å². The van der Waals surface area contributed by atoms with Crippen LogP contribution in [-0.4, -0.2) is 5.38 Å². The first-order valence-corrected chi connectivity index (χ1v) is 5.78. The van der Waals surface area contributed by atoms with E-state index >= 15 is 0 Å². The number of halogens is 3. The van der Waals surface area contributed by atoms with Crippen molar-refractivity contribution in [1.29, 1.82) is 0 Å². The van der Waals surface area contributed by atoms with Crippen LogP contribution in [0.5, 0.6) is 0 Å². The summed E-state index contributed by atoms with van der Waals surface area (Å²) in [7, 11) is 0. The molecule has 0 aliphatic rings. The quantitative estimate of drug-likeness (QED) is 0.677. The molecule has 0 amide bonds. The van der Waals surface area contributed by atoms with Gasteiger partial charge in [-0.25, -0.2) is 0 Å². The predicted octanol–water partition coefficient (Wildman–Crippen LogP) is 4.80. The molecule has 1 unspecified atom stereocenters. The average molecular weight is 252 g/mol. The molecule has 1 atom stereocenters. The monoisotopic (exact) mass is 250 g/mol. The van der Waals surface area contributed by atoms with Crippen LogP contribution in [0.2, 0.25) is 10.0 Å². The van der Waals surface area contributed by atoms with Crippen molar-refractivity contribution >= 4 is 34.8 Å². The summed E-state index contributed by atoms with van der Waals surface area (Å²) in [6.07, 6.45) is 0.787. The van der Waals surface area contributed by atoms with Gasteiger partial charge in [0, 0.05) is 15.4 Å². The third-order valence-corrected chi connectivity index (χ3v) is 3.40. The van der Waals surface area contributed by atoms with Crippen molar-refractivity contribution in [3.05, 3.63) is 33.8 Å². The van der Waals surface area contributed by atoms with Crippen molar-refractivity contribution in [2.75, 3.05) is 0 Å². The van der Waals surface area contributed by atoms with Gasteiger partial charge in [-0.1, -0.05) is 43.1 Å². The Morgan fingerprint density at radius 2 is 1.86 bits per heavy atom. The summed E-state index contributed by atoms with van der Waals surface area (Å²) < 4.78 is 0. The van der Waals surface area contributed by atoms with Crippen molar-refractivity contribution in [1.82, 2.24) is 0 Å². The van der Waals surface area contributed by atoms with E-state index in [4.69, 9.17) is 34.8 Å². The maximum atomic E-state index is 6.17. The minimum atomic E-state index is 0.119. The van der Waals surface area contributed by atoms with Crippen LogP contribution < -0.4 is 0 Å². The highest BCUT2D eigenvalue weighted by Gasteiger charge is 2.12. The summed E-state index contributed by atoms with van der Waals surface area (Å²) >= 11 is 18.0. The second kappa shape index (κ2) is 5.25. The first-order chi connectivity index (χ1) is 6.50. The maximum Gasteiger partial charge on any atom is 0.0453 e. The van der Waals surface area contributed by atoms with Gasteiger partial charge in [-0.2, -0.15) is 0 Å². The molecule has 0 aliphatic carbocycles. The van der Waals surface area contributed by atoms with Crippen LogP contribution in [-0.2, 0) is 6.42 Å². The van der Waals surface area contributed by atoms with Crippen molar-refractivity contribution < 1.29 is 0 Å². The van der Waals surface area contributed by atoms with Crippen molar-refractivity contribution in [3.63, 3.8) is 0 Å². The van der Waals surface area contributed by atoms with Crippen LogP contribution >= 0.6 is 34.8 Å². The Morgan fingerprint density at radius 1 is 1.21 bits per heavy atom. The molecule has 1 aromatic carbocycles. The number of hydrogen-bond donors (Lipinski definition) is 0. The lowest BCUT2D eigenvalue weighted by Crippen LogP contribution is -2.11. The highest BCUT2D eigenvalue weighted by molar-refractivity contribution is 6.35. The van der Waals surface area contributed by atoms with Gasteiger partial charge in [0.25, 0.3) is 0 Å². The highest BCUT2D eigenvalue weighted by Crippen LogP contribution is 2.25. The van der Waals surface area contributed by atoms with Gasteiger partial charge in [-0.15, -0.1) is 11.6 Å². The van der Waals surface area contributed by atoms with Gasteiger partial charge >= 0.3 is 0 Å². The van der Waals surface area contributed by atoms with E-state index in [1.54, 1.807) is 6.07 Å². The van der Waals surface area contributed by atoms with Gasteiger partial charge in [0.2, 0.25) is 0 Å². The van der Waals surface area contributed by atoms with E-state index in [-0.39, 0.29) is 5.38 Å². The van der Waals surface area contributed by atoms with E-state index < -0.39 is 0 Å². The fourth-order valence-electron chi connectivity index (χ4n) is 1.13. The lowest BCUT2D eigenvalue weighted by atomic mass is 10.0. The fourth-order valence-corrected chi connectivity index (χ4v) is 1.78. The molecule has 0 heterocycles. The van der Waals surface area contributed by atoms with Gasteiger partial charge in [0.05, 0.1) is 0 Å². The van der Waals surface area contributed by atoms with Crippen LogP contribution in [0.15, 0.2) is 18.2 Å². The number of benzene rings is 1. The van der Waals surface area contributed by atoms with E-state index in [1.165, 1.54) is 0 Å². The Hall–Kier alpha value is 0.0900. The molecule has 78 valence electrons. The molecule has 14 heavy (non-hydrogen) atoms. The first kappa shape index (κ1) is 12.2. The van der Waals surface area contributed by atoms with Crippen LogP contribution in [0.1, 0.15) is 19.4 Å². The van der Waals surface area contributed by atoms with Crippen LogP contribution in [0.3, 0.4) is 0 Å². The average Bonchev–Trinajstić information content (AvgIpc) is 2.09. The van der Waals surface area contributed by atoms with Gasteiger partial charge in [0.1, 0.15) is 0 Å². The van der Waals surface area contributed by atoms with Gasteiger partial charge < -0.3 is 0 Å². The largest absolute Gasteiger partial charge is 0.122 e. The standard InChI is InChI=1S/C11H13Cl3/c1-7(2)10(13)5-8-3-4-9(12)6-11(8)14/h3-4,6-7,10H,5H2,1-2H3. The third kappa shape index (κ3) is 3.34. The molecule has 0 fully saturated rings. The fraction of sp³-hybridized carbons (Fsp3) is 0.455. The van der Waals surface area contributed by atoms with Crippen molar-refractivity contribution in [2.45, 2.75) is 25.6 Å². The van der Waals surface area contributed by atoms with Gasteiger partial charge in [0.15, 0.2) is 0 Å². The molecular weight excluding hydrogens is 238 g/mol. The summed E-state index contributed by atoms with van der Waals surface area (Å²) in [5.41, 5.74) is 1.06. The lowest BCUT2D eigenvalue weighted by Gasteiger charge is -2.14. The minimum Gasteiger partial charge on any atom is -0.122 e. The molecule has 0 spiro atoms. The van der Waals surface area contributed by atoms with Crippen molar-refractivity contribution in [3.8, 4) is 0 Å². The zero-order chi connectivity index (χ0) is 10.7. The highest BCUT2D eigenvalue weighted by atomic mass is 35.5. The molecule has 1 aromatic rings. The first-order valence-electron chi connectivity index (χ1n) is 4.58. The SMILES string of the molecule is CC(C)C(Cl)Cc1ccc(Cl)cc1Cl. The van der Waals surface area contributed by atoms with Crippen LogP contribution in [0.4, 0.5) is 0 Å². The number of hydrogen-bond acceptors (Lipinski definition) is 0. The molecule has 1 rings (SSSR count). The van der Waals surface area contributed by atoms with E-state index in [0.717, 1.165) is 12.0 Å². The van der Waals surface area contributed by atoms with Gasteiger partial charge in [-0.3, -0.25) is 0 Å². The van der Waals surface area contributed by atoms with Gasteiger partial charge in [-0.05, 0) is 30.0 Å². The smallest absolute Gasteiger partial charge is 0.0453 e. The Balaban J connectivity index is 2.77. The van der Waals surface area contributed by atoms with E-state index in [9.17, 15) is 0 Å². The summed E-state index contributed by atoms with van der Waals surface area (Å²) in [4.78, 5) is 0. The molecule has 0 radical (unpaired) electrons. The second-order valence-corrected chi connectivity index (χ2v) is 5.10. The van der Waals surface area contributed by atoms with Crippen LogP contribution in [0, 0.1) is 5.92 Å². The Bertz CT molecular complexity index is 307. The van der Waals surface area contributed by atoms with E-state index in [2.05, 4.69) is 13.8 Å². The summed E-state index contributed by atoms with van der Waals surface area (Å²) in [5.74, 6) is 0.448. The molecular formula is C11H13Cl3. The van der Waals surface area contributed by atoms with Crippen LogP contribution in [0.25, 0.3) is 0 Å². The van der Waals surface area contributed by atoms with Crippen molar-refractivity contribution in [2.24, 2.45) is 5.92 Å². The summed E-state index contributed by atoms with van der Waals surface area (Å²) in [5, 5.41) is 1.48. The molecule has 0 N–H and O–H groups in total. The minimum absolute atomic E-state index is 0.119. The maximum absolute atomic E-state index is 6.17. The summed E-state index contributed by atoms with van der Waals surface area (Å²) in [6.45, 7) is 4.20. The number of alkyl halides is 1. The third-order valence-electron chi connectivity index (χ3n) is 2.15. The molecule has 3 heteroatoms. The second-order valence-electron chi connectivity index (χ2n) is 3.70. The molecule has 0 bridgehead atoms. The summed E-state index contributed by atoms with van der Waals surface area (Å²) in [6, 6.07) is 5.53. The molecule has 0 aliphatic heterocycles. The topological polar surface area (TPSA) is 0 Å². The normalized spacial score (nSPS) is 13.3. The zero-order valence-electron chi connectivity index (χ0n) is 8.23. The van der Waals surface area contributed by atoms with E-state index in [0.29, 0.717) is 16.0 Å². The van der Waals surface area contributed by atoms with E-state index in [1.807, 2.05) is 12.1 Å². The zero-order valence-corrected chi connectivity index (χ0v) is 10.5. The lowest BCUT2D eigenvalue weighted by molar-refractivity contribution is 0.596. The molecule has 0 saturated carbocycles. The Morgan fingerprint density at radius 3 is 2.36 bits per heavy atom.